The van der Waals surface area contributed by atoms with Crippen molar-refractivity contribution in [3.8, 4) is 11.5 Å². The number of likely N-dealkylation sites (N-methyl/N-ethyl adjacent to an activating group) is 1. The lowest BCUT2D eigenvalue weighted by atomic mass is 10.2. The lowest BCUT2D eigenvalue weighted by Gasteiger charge is -2.14. The highest BCUT2D eigenvalue weighted by atomic mass is 35.5. The Kier molecular flexibility index (Phi) is 8.51. The molecule has 1 rings (SSSR count). The molecule has 0 atom stereocenters. The summed E-state index contributed by atoms with van der Waals surface area (Å²) in [6.07, 6.45) is 4.03. The second-order valence-electron chi connectivity index (χ2n) is 4.91. The first-order valence-electron chi connectivity index (χ1n) is 7.45. The van der Waals surface area contributed by atoms with Crippen molar-refractivity contribution in [2.24, 2.45) is 0 Å². The lowest BCUT2D eigenvalue weighted by Crippen LogP contribution is -2.26. The third-order valence-electron chi connectivity index (χ3n) is 3.17. The predicted octanol–water partition coefficient (Wildman–Crippen LogP) is 3.26. The van der Waals surface area contributed by atoms with E-state index >= 15 is 0 Å². The highest BCUT2D eigenvalue weighted by Gasteiger charge is 2.11. The molecule has 6 heteroatoms. The lowest BCUT2D eigenvalue weighted by molar-refractivity contribution is -0.124. The maximum absolute atomic E-state index is 12.0. The van der Waals surface area contributed by atoms with Crippen LogP contribution in [0.5, 0.6) is 11.5 Å². The quantitative estimate of drug-likeness (QED) is 0.511. The van der Waals surface area contributed by atoms with Crippen LogP contribution >= 0.6 is 11.6 Å². The summed E-state index contributed by atoms with van der Waals surface area (Å²) >= 11 is 6.18. The minimum atomic E-state index is -0.0778. The zero-order valence-corrected chi connectivity index (χ0v) is 14.9. The molecule has 0 aliphatic rings. The highest BCUT2D eigenvalue weighted by Crippen LogP contribution is 2.36. The van der Waals surface area contributed by atoms with Gasteiger partial charge in [0, 0.05) is 33.4 Å². The second kappa shape index (κ2) is 10.1. The van der Waals surface area contributed by atoms with Gasteiger partial charge in [0.15, 0.2) is 11.5 Å². The van der Waals surface area contributed by atoms with Crippen LogP contribution in [0.15, 0.2) is 18.2 Å². The Morgan fingerprint density at radius 1 is 1.35 bits per heavy atom. The smallest absolute Gasteiger partial charge is 0.246 e. The first kappa shape index (κ1) is 19.3. The number of rotatable bonds is 9. The molecule has 0 saturated heterocycles. The van der Waals surface area contributed by atoms with Gasteiger partial charge in [0.2, 0.25) is 5.91 Å². The zero-order valence-electron chi connectivity index (χ0n) is 14.1. The van der Waals surface area contributed by atoms with E-state index in [1.54, 1.807) is 37.3 Å². The fourth-order valence-electron chi connectivity index (χ4n) is 2.00. The van der Waals surface area contributed by atoms with Crippen LogP contribution in [-0.2, 0) is 9.53 Å². The highest BCUT2D eigenvalue weighted by molar-refractivity contribution is 6.32. The minimum absolute atomic E-state index is 0.0778. The topological polar surface area (TPSA) is 48.0 Å². The SMILES string of the molecule is CCOc1cc(/C=C/C(=O)N(C)CCCOC)cc(Cl)c1OC. The Hall–Kier alpha value is -1.72. The van der Waals surface area contributed by atoms with Crippen molar-refractivity contribution in [2.75, 3.05) is 41.0 Å². The van der Waals surface area contributed by atoms with Crippen molar-refractivity contribution in [2.45, 2.75) is 13.3 Å². The molecule has 23 heavy (non-hydrogen) atoms. The standard InChI is InChI=1S/C17H24ClNO4/c1-5-23-15-12-13(11-14(18)17(15)22-4)7-8-16(20)19(2)9-6-10-21-3/h7-8,11-12H,5-6,9-10H2,1-4H3/b8-7+. The van der Waals surface area contributed by atoms with Crippen molar-refractivity contribution in [1.82, 2.24) is 4.90 Å². The van der Waals surface area contributed by atoms with Gasteiger partial charge in [-0.2, -0.15) is 0 Å². The summed E-state index contributed by atoms with van der Waals surface area (Å²) in [4.78, 5) is 13.7. The monoisotopic (exact) mass is 341 g/mol. The number of methoxy groups -OCH3 is 2. The first-order chi connectivity index (χ1) is 11.0. The molecule has 128 valence electrons. The Morgan fingerprint density at radius 2 is 2.09 bits per heavy atom. The first-order valence-corrected chi connectivity index (χ1v) is 7.83. The molecule has 0 heterocycles. The Bertz CT molecular complexity index is 546. The van der Waals surface area contributed by atoms with E-state index in [4.69, 9.17) is 25.8 Å². The molecular weight excluding hydrogens is 318 g/mol. The number of carbonyl (C=O) groups excluding carboxylic acids is 1. The van der Waals surface area contributed by atoms with E-state index < -0.39 is 0 Å². The average molecular weight is 342 g/mol. The Labute approximate surface area is 142 Å². The van der Waals surface area contributed by atoms with Crippen LogP contribution in [-0.4, -0.2) is 51.8 Å². The molecule has 5 nitrogen and oxygen atoms in total. The van der Waals surface area contributed by atoms with Crippen molar-refractivity contribution < 1.29 is 19.0 Å². The summed E-state index contributed by atoms with van der Waals surface area (Å²) in [5.41, 5.74) is 0.776. The predicted molar refractivity (Wildman–Crippen MR) is 92.3 cm³/mol. The maximum Gasteiger partial charge on any atom is 0.246 e. The summed E-state index contributed by atoms with van der Waals surface area (Å²) in [6, 6.07) is 3.53. The molecule has 0 aliphatic carbocycles. The maximum atomic E-state index is 12.0. The molecule has 0 aromatic heterocycles. The van der Waals surface area contributed by atoms with Crippen LogP contribution in [0.2, 0.25) is 5.02 Å². The van der Waals surface area contributed by atoms with E-state index in [1.165, 1.54) is 13.2 Å². The molecular formula is C17H24ClNO4. The van der Waals surface area contributed by atoms with Gasteiger partial charge in [0.05, 0.1) is 18.7 Å². The molecule has 0 bridgehead atoms. The van der Waals surface area contributed by atoms with Gasteiger partial charge in [-0.15, -0.1) is 0 Å². The van der Waals surface area contributed by atoms with Crippen LogP contribution in [0.4, 0.5) is 0 Å². The van der Waals surface area contributed by atoms with Gasteiger partial charge < -0.3 is 19.1 Å². The van der Waals surface area contributed by atoms with Gasteiger partial charge in [-0.25, -0.2) is 0 Å². The van der Waals surface area contributed by atoms with Crippen LogP contribution in [0.3, 0.4) is 0 Å². The van der Waals surface area contributed by atoms with E-state index in [-0.39, 0.29) is 5.91 Å². The molecule has 0 spiro atoms. The van der Waals surface area contributed by atoms with Gasteiger partial charge in [0.1, 0.15) is 0 Å². The van der Waals surface area contributed by atoms with E-state index in [1.807, 2.05) is 6.92 Å². The number of hydrogen-bond donors (Lipinski definition) is 0. The van der Waals surface area contributed by atoms with Gasteiger partial charge in [-0.3, -0.25) is 4.79 Å². The number of ether oxygens (including phenoxy) is 3. The zero-order chi connectivity index (χ0) is 17.2. The minimum Gasteiger partial charge on any atom is -0.491 e. The van der Waals surface area contributed by atoms with E-state index in [0.717, 1.165) is 12.0 Å². The summed E-state index contributed by atoms with van der Waals surface area (Å²) in [5, 5.41) is 0.444. The van der Waals surface area contributed by atoms with Crippen LogP contribution < -0.4 is 9.47 Å². The third kappa shape index (κ3) is 6.12. The molecule has 0 saturated carbocycles. The van der Waals surface area contributed by atoms with Crippen LogP contribution in [0, 0.1) is 0 Å². The normalized spacial score (nSPS) is 10.8. The molecule has 0 aliphatic heterocycles. The second-order valence-corrected chi connectivity index (χ2v) is 5.31. The summed E-state index contributed by atoms with van der Waals surface area (Å²) in [5.74, 6) is 0.975. The van der Waals surface area contributed by atoms with Gasteiger partial charge in [-0.1, -0.05) is 11.6 Å². The largest absolute Gasteiger partial charge is 0.491 e. The number of carbonyl (C=O) groups is 1. The Morgan fingerprint density at radius 3 is 2.70 bits per heavy atom. The van der Waals surface area contributed by atoms with E-state index in [2.05, 4.69) is 0 Å². The number of amides is 1. The van der Waals surface area contributed by atoms with Crippen molar-refractivity contribution >= 4 is 23.6 Å². The summed E-state index contributed by atoms with van der Waals surface area (Å²) < 4.78 is 15.7. The fourth-order valence-corrected chi connectivity index (χ4v) is 2.29. The number of benzene rings is 1. The number of halogens is 1. The molecule has 1 aromatic carbocycles. The Balaban J connectivity index is 2.81. The fraction of sp³-hybridized carbons (Fsp3) is 0.471. The number of nitrogens with zero attached hydrogens (tertiary/aromatic N) is 1. The molecule has 0 fully saturated rings. The van der Waals surface area contributed by atoms with E-state index in [9.17, 15) is 4.79 Å². The van der Waals surface area contributed by atoms with Crippen molar-refractivity contribution in [3.63, 3.8) is 0 Å². The van der Waals surface area contributed by atoms with Crippen LogP contribution in [0.1, 0.15) is 18.9 Å². The van der Waals surface area contributed by atoms with Crippen molar-refractivity contribution in [1.29, 1.82) is 0 Å². The number of hydrogen-bond acceptors (Lipinski definition) is 4. The van der Waals surface area contributed by atoms with E-state index in [0.29, 0.717) is 36.3 Å². The summed E-state index contributed by atoms with van der Waals surface area (Å²) in [6.45, 7) is 3.66. The van der Waals surface area contributed by atoms with Crippen LogP contribution in [0.25, 0.3) is 6.08 Å². The third-order valence-corrected chi connectivity index (χ3v) is 3.45. The molecule has 0 N–H and O–H groups in total. The molecule has 0 unspecified atom stereocenters. The van der Waals surface area contributed by atoms with Gasteiger partial charge in [0.25, 0.3) is 0 Å². The summed E-state index contributed by atoms with van der Waals surface area (Å²) in [7, 11) is 4.94. The molecule has 0 radical (unpaired) electrons. The molecule has 1 aromatic rings. The molecule has 1 amide bonds. The van der Waals surface area contributed by atoms with Gasteiger partial charge >= 0.3 is 0 Å². The van der Waals surface area contributed by atoms with Gasteiger partial charge in [-0.05, 0) is 37.1 Å². The van der Waals surface area contributed by atoms with Crippen molar-refractivity contribution in [3.05, 3.63) is 28.8 Å². The average Bonchev–Trinajstić information content (AvgIpc) is 2.53.